The second kappa shape index (κ2) is 6.54. The maximum absolute atomic E-state index is 12.0. The standard InChI is InChI=1S/C13H22N2O3/c1-6-11(17-5)13(16)15(4)8-10-7-12(9(2)3)18-14-10/h7,9,11H,6,8H2,1-5H3/t11-/m0/s1. The molecule has 0 aliphatic heterocycles. The summed E-state index contributed by atoms with van der Waals surface area (Å²) in [6.45, 7) is 6.44. The van der Waals surface area contributed by atoms with Crippen molar-refractivity contribution in [2.24, 2.45) is 0 Å². The van der Waals surface area contributed by atoms with Gasteiger partial charge in [-0.25, -0.2) is 0 Å². The molecule has 0 unspecified atom stereocenters. The first kappa shape index (κ1) is 14.7. The highest BCUT2D eigenvalue weighted by Crippen LogP contribution is 2.16. The van der Waals surface area contributed by atoms with E-state index in [9.17, 15) is 4.79 Å². The molecule has 0 N–H and O–H groups in total. The van der Waals surface area contributed by atoms with Crippen molar-refractivity contribution in [3.05, 3.63) is 17.5 Å². The summed E-state index contributed by atoms with van der Waals surface area (Å²) in [6.07, 6.45) is 0.280. The number of aromatic nitrogens is 1. The maximum Gasteiger partial charge on any atom is 0.251 e. The van der Waals surface area contributed by atoms with Gasteiger partial charge in [-0.3, -0.25) is 4.79 Å². The molecule has 0 radical (unpaired) electrons. The first-order valence-electron chi connectivity index (χ1n) is 6.22. The summed E-state index contributed by atoms with van der Waals surface area (Å²) in [4.78, 5) is 13.6. The Morgan fingerprint density at radius 1 is 1.56 bits per heavy atom. The molecule has 1 heterocycles. The number of rotatable bonds is 6. The van der Waals surface area contributed by atoms with E-state index in [1.54, 1.807) is 19.1 Å². The first-order chi connectivity index (χ1) is 8.49. The number of methoxy groups -OCH3 is 1. The molecule has 1 rings (SSSR count). The number of carbonyl (C=O) groups is 1. The Bertz CT molecular complexity index is 383. The lowest BCUT2D eigenvalue weighted by molar-refractivity contribution is -0.141. The van der Waals surface area contributed by atoms with Gasteiger partial charge in [0.2, 0.25) is 0 Å². The summed E-state index contributed by atoms with van der Waals surface area (Å²) >= 11 is 0. The number of nitrogens with zero attached hydrogens (tertiary/aromatic N) is 2. The van der Waals surface area contributed by atoms with Crippen molar-refractivity contribution in [2.45, 2.75) is 45.8 Å². The van der Waals surface area contributed by atoms with Crippen LogP contribution in [0.1, 0.15) is 44.6 Å². The van der Waals surface area contributed by atoms with E-state index in [4.69, 9.17) is 9.26 Å². The van der Waals surface area contributed by atoms with Gasteiger partial charge >= 0.3 is 0 Å². The molecule has 0 aromatic carbocycles. The molecule has 1 aromatic heterocycles. The van der Waals surface area contributed by atoms with Crippen LogP contribution in [0.4, 0.5) is 0 Å². The quantitative estimate of drug-likeness (QED) is 0.780. The average molecular weight is 254 g/mol. The molecule has 0 spiro atoms. The van der Waals surface area contributed by atoms with Crippen molar-refractivity contribution in [3.63, 3.8) is 0 Å². The van der Waals surface area contributed by atoms with Gasteiger partial charge in [-0.1, -0.05) is 25.9 Å². The van der Waals surface area contributed by atoms with Crippen LogP contribution in [0.25, 0.3) is 0 Å². The largest absolute Gasteiger partial charge is 0.372 e. The Labute approximate surface area is 108 Å². The van der Waals surface area contributed by atoms with E-state index < -0.39 is 0 Å². The zero-order chi connectivity index (χ0) is 13.7. The third-order valence-corrected chi connectivity index (χ3v) is 2.85. The normalized spacial score (nSPS) is 12.8. The highest BCUT2D eigenvalue weighted by molar-refractivity contribution is 5.80. The van der Waals surface area contributed by atoms with Gasteiger partial charge in [-0.2, -0.15) is 0 Å². The highest BCUT2D eigenvalue weighted by atomic mass is 16.5. The van der Waals surface area contributed by atoms with Crippen molar-refractivity contribution in [1.82, 2.24) is 10.1 Å². The van der Waals surface area contributed by atoms with Crippen LogP contribution in [0.5, 0.6) is 0 Å². The predicted molar refractivity (Wildman–Crippen MR) is 68.2 cm³/mol. The van der Waals surface area contributed by atoms with E-state index in [-0.39, 0.29) is 12.0 Å². The van der Waals surface area contributed by atoms with Crippen LogP contribution in [0, 0.1) is 0 Å². The molecule has 0 fully saturated rings. The molecule has 0 saturated carbocycles. The number of amides is 1. The summed E-state index contributed by atoms with van der Waals surface area (Å²) in [6, 6.07) is 1.89. The zero-order valence-corrected chi connectivity index (χ0v) is 11.8. The lowest BCUT2D eigenvalue weighted by Gasteiger charge is -2.20. The Hall–Kier alpha value is -1.36. The van der Waals surface area contributed by atoms with Crippen LogP contribution in [-0.2, 0) is 16.1 Å². The smallest absolute Gasteiger partial charge is 0.251 e. The number of carbonyl (C=O) groups excluding carboxylic acids is 1. The Morgan fingerprint density at radius 2 is 2.22 bits per heavy atom. The molecule has 102 valence electrons. The predicted octanol–water partition coefficient (Wildman–Crippen LogP) is 2.18. The number of ether oxygens (including phenoxy) is 1. The molecule has 0 aliphatic rings. The van der Waals surface area contributed by atoms with Crippen LogP contribution in [-0.4, -0.2) is 36.2 Å². The van der Waals surface area contributed by atoms with E-state index >= 15 is 0 Å². The van der Waals surface area contributed by atoms with Crippen LogP contribution < -0.4 is 0 Å². The molecule has 5 nitrogen and oxygen atoms in total. The van der Waals surface area contributed by atoms with E-state index in [1.807, 2.05) is 26.8 Å². The Balaban J connectivity index is 2.63. The van der Waals surface area contributed by atoms with Gasteiger partial charge in [0.25, 0.3) is 5.91 Å². The fourth-order valence-corrected chi connectivity index (χ4v) is 1.68. The molecule has 18 heavy (non-hydrogen) atoms. The molecule has 1 amide bonds. The first-order valence-corrected chi connectivity index (χ1v) is 6.22. The third-order valence-electron chi connectivity index (χ3n) is 2.85. The Morgan fingerprint density at radius 3 is 2.67 bits per heavy atom. The molecule has 0 aliphatic carbocycles. The van der Waals surface area contributed by atoms with Gasteiger partial charge in [0.1, 0.15) is 17.6 Å². The van der Waals surface area contributed by atoms with Crippen molar-refractivity contribution in [2.75, 3.05) is 14.2 Å². The minimum atomic E-state index is -0.383. The van der Waals surface area contributed by atoms with E-state index in [1.165, 1.54) is 0 Å². The average Bonchev–Trinajstić information content (AvgIpc) is 2.79. The van der Waals surface area contributed by atoms with Gasteiger partial charge in [0.05, 0.1) is 6.54 Å². The van der Waals surface area contributed by atoms with Gasteiger partial charge < -0.3 is 14.2 Å². The lowest BCUT2D eigenvalue weighted by atomic mass is 10.1. The van der Waals surface area contributed by atoms with Gasteiger partial charge in [-0.15, -0.1) is 0 Å². The fourth-order valence-electron chi connectivity index (χ4n) is 1.68. The highest BCUT2D eigenvalue weighted by Gasteiger charge is 2.21. The van der Waals surface area contributed by atoms with Crippen molar-refractivity contribution >= 4 is 5.91 Å². The van der Waals surface area contributed by atoms with Crippen molar-refractivity contribution in [1.29, 1.82) is 0 Å². The van der Waals surface area contributed by atoms with E-state index in [2.05, 4.69) is 5.16 Å². The lowest BCUT2D eigenvalue weighted by Crippen LogP contribution is -2.36. The van der Waals surface area contributed by atoms with Gasteiger partial charge in [0, 0.05) is 26.1 Å². The Kier molecular flexibility index (Phi) is 5.34. The minimum absolute atomic E-state index is 0.0332. The monoisotopic (exact) mass is 254 g/mol. The van der Waals surface area contributed by atoms with Crippen LogP contribution in [0.2, 0.25) is 0 Å². The van der Waals surface area contributed by atoms with Crippen molar-refractivity contribution < 1.29 is 14.1 Å². The van der Waals surface area contributed by atoms with Gasteiger partial charge in [-0.05, 0) is 6.42 Å². The minimum Gasteiger partial charge on any atom is -0.372 e. The summed E-state index contributed by atoms with van der Waals surface area (Å²) in [5.41, 5.74) is 0.764. The second-order valence-corrected chi connectivity index (χ2v) is 4.70. The molecular formula is C13H22N2O3. The number of likely N-dealkylation sites (N-methyl/N-ethyl adjacent to an activating group) is 1. The summed E-state index contributed by atoms with van der Waals surface area (Å²) in [7, 11) is 3.29. The molecule has 0 saturated heterocycles. The zero-order valence-electron chi connectivity index (χ0n) is 11.8. The third kappa shape index (κ3) is 3.57. The van der Waals surface area contributed by atoms with Crippen molar-refractivity contribution in [3.8, 4) is 0 Å². The second-order valence-electron chi connectivity index (χ2n) is 4.70. The SMILES string of the molecule is CC[C@H](OC)C(=O)N(C)Cc1cc(C(C)C)on1. The maximum atomic E-state index is 12.0. The van der Waals surface area contributed by atoms with Crippen LogP contribution >= 0.6 is 0 Å². The van der Waals surface area contributed by atoms with Crippen LogP contribution in [0.15, 0.2) is 10.6 Å². The van der Waals surface area contributed by atoms with E-state index in [0.717, 1.165) is 11.5 Å². The van der Waals surface area contributed by atoms with Gasteiger partial charge in [0.15, 0.2) is 0 Å². The summed E-state index contributed by atoms with van der Waals surface area (Å²) in [5.74, 6) is 1.10. The molecule has 5 heteroatoms. The van der Waals surface area contributed by atoms with E-state index in [0.29, 0.717) is 18.9 Å². The molecule has 1 aromatic rings. The summed E-state index contributed by atoms with van der Waals surface area (Å²) < 4.78 is 10.3. The number of hydrogen-bond donors (Lipinski definition) is 0. The topological polar surface area (TPSA) is 55.6 Å². The fraction of sp³-hybridized carbons (Fsp3) is 0.692. The molecular weight excluding hydrogens is 232 g/mol. The molecule has 1 atom stereocenters. The number of hydrogen-bond acceptors (Lipinski definition) is 4. The summed E-state index contributed by atoms with van der Waals surface area (Å²) in [5, 5.41) is 3.96. The van der Waals surface area contributed by atoms with Crippen LogP contribution in [0.3, 0.4) is 0 Å². The molecule has 0 bridgehead atoms.